The second-order valence-corrected chi connectivity index (χ2v) is 9.00. The van der Waals surface area contributed by atoms with Crippen LogP contribution in [0.5, 0.6) is 5.75 Å². The predicted octanol–water partition coefficient (Wildman–Crippen LogP) is 2.37. The summed E-state index contributed by atoms with van der Waals surface area (Å²) in [7, 11) is -2.66. The first-order valence-corrected chi connectivity index (χ1v) is 10.9. The molecule has 0 fully saturated rings. The van der Waals surface area contributed by atoms with Crippen molar-refractivity contribution in [3.63, 3.8) is 0 Å². The molecule has 0 aliphatic rings. The summed E-state index contributed by atoms with van der Waals surface area (Å²) in [6, 6.07) is 10.9. The highest BCUT2D eigenvalue weighted by Crippen LogP contribution is 2.30. The van der Waals surface area contributed by atoms with E-state index in [9.17, 15) is 18.3 Å². The van der Waals surface area contributed by atoms with Crippen LogP contribution in [-0.2, 0) is 21.4 Å². The van der Waals surface area contributed by atoms with Crippen molar-refractivity contribution in [2.24, 2.45) is 5.73 Å². The van der Waals surface area contributed by atoms with E-state index in [0.29, 0.717) is 27.8 Å². The smallest absolute Gasteiger partial charge is 0.318 e. The summed E-state index contributed by atoms with van der Waals surface area (Å²) in [5, 5.41) is 17.7. The molecule has 3 rings (SSSR count). The molecule has 0 atom stereocenters. The number of carboxylic acids is 1. The lowest BCUT2D eigenvalue weighted by atomic mass is 10.1. The maximum atomic E-state index is 13.3. The van der Waals surface area contributed by atoms with Gasteiger partial charge in [0.05, 0.1) is 23.9 Å². The third kappa shape index (κ3) is 4.90. The van der Waals surface area contributed by atoms with E-state index >= 15 is 0 Å². The van der Waals surface area contributed by atoms with E-state index in [2.05, 4.69) is 4.98 Å². The number of halogens is 1. The molecule has 32 heavy (non-hydrogen) atoms. The third-order valence-corrected chi connectivity index (χ3v) is 6.75. The van der Waals surface area contributed by atoms with Gasteiger partial charge in [-0.2, -0.15) is 4.31 Å². The molecule has 0 aliphatic heterocycles. The highest BCUT2D eigenvalue weighted by molar-refractivity contribution is 7.89. The highest BCUT2D eigenvalue weighted by atomic mass is 35.5. The highest BCUT2D eigenvalue weighted by Gasteiger charge is 2.27. The van der Waals surface area contributed by atoms with Crippen molar-refractivity contribution in [1.82, 2.24) is 9.29 Å². The van der Waals surface area contributed by atoms with Crippen LogP contribution in [0.1, 0.15) is 5.56 Å². The van der Waals surface area contributed by atoms with Gasteiger partial charge < -0.3 is 15.6 Å². The van der Waals surface area contributed by atoms with Crippen molar-refractivity contribution in [2.75, 3.05) is 18.1 Å². The number of nitrogens with zero attached hydrogens (tertiary/aromatic N) is 3. The summed E-state index contributed by atoms with van der Waals surface area (Å²) in [5.41, 5.74) is 6.32. The lowest BCUT2D eigenvalue weighted by molar-refractivity contribution is -0.137. The van der Waals surface area contributed by atoms with Gasteiger partial charge in [0.2, 0.25) is 16.0 Å². The Labute approximate surface area is 189 Å². The van der Waals surface area contributed by atoms with Crippen LogP contribution in [0.4, 0.5) is 5.69 Å². The molecule has 0 unspecified atom stereocenters. The number of ether oxygens (including phenoxy) is 1. The first kappa shape index (κ1) is 23.3. The average Bonchev–Trinajstić information content (AvgIpc) is 2.77. The second-order valence-electron chi connectivity index (χ2n) is 6.72. The zero-order valence-corrected chi connectivity index (χ0v) is 18.5. The Balaban J connectivity index is 2.01. The van der Waals surface area contributed by atoms with Gasteiger partial charge in [0.25, 0.3) is 0 Å². The summed E-state index contributed by atoms with van der Waals surface area (Å²) in [6.45, 7) is -0.862. The van der Waals surface area contributed by atoms with Crippen LogP contribution in [0.25, 0.3) is 10.8 Å². The summed E-state index contributed by atoms with van der Waals surface area (Å²) in [6.07, 6.45) is 2.83. The minimum absolute atomic E-state index is 0.109. The van der Waals surface area contributed by atoms with Crippen molar-refractivity contribution in [3.05, 3.63) is 60.4 Å². The first-order valence-electron chi connectivity index (χ1n) is 9.16. The number of carbonyl (C=O) groups is 1. The lowest BCUT2D eigenvalue weighted by Gasteiger charge is -2.21. The molecule has 0 aliphatic carbocycles. The van der Waals surface area contributed by atoms with Crippen LogP contribution < -0.4 is 14.9 Å². The summed E-state index contributed by atoms with van der Waals surface area (Å²) < 4.78 is 33.4. The maximum absolute atomic E-state index is 13.3. The number of hydrogen-bond donors (Lipinski definition) is 3. The van der Waals surface area contributed by atoms with Crippen LogP contribution in [-0.4, -0.2) is 48.4 Å². The zero-order valence-electron chi connectivity index (χ0n) is 16.9. The molecule has 2 aromatic carbocycles. The molecule has 0 radical (unpaired) electrons. The van der Waals surface area contributed by atoms with Gasteiger partial charge in [0.15, 0.2) is 0 Å². The Hall–Kier alpha value is -3.41. The average molecular weight is 478 g/mol. The van der Waals surface area contributed by atoms with Gasteiger partial charge in [0.1, 0.15) is 12.3 Å². The molecule has 1 aromatic heterocycles. The molecule has 0 spiro atoms. The fourth-order valence-corrected chi connectivity index (χ4v) is 4.59. The Morgan fingerprint density at radius 2 is 1.91 bits per heavy atom. The number of anilines is 1. The first-order chi connectivity index (χ1) is 15.1. The van der Waals surface area contributed by atoms with Gasteiger partial charge in [-0.15, -0.1) is 0 Å². The van der Waals surface area contributed by atoms with Crippen molar-refractivity contribution >= 4 is 50.2 Å². The molecule has 3 aromatic rings. The Kier molecular flexibility index (Phi) is 6.82. The van der Waals surface area contributed by atoms with Crippen molar-refractivity contribution < 1.29 is 23.1 Å². The number of aliphatic carboxylic acids is 1. The minimum atomic E-state index is -4.17. The number of aromatic nitrogens is 1. The molecule has 0 saturated carbocycles. The van der Waals surface area contributed by atoms with E-state index in [0.717, 1.165) is 8.72 Å². The van der Waals surface area contributed by atoms with Crippen LogP contribution in [0.15, 0.2) is 59.8 Å². The molecular weight excluding hydrogens is 458 g/mol. The lowest BCUT2D eigenvalue weighted by Crippen LogP contribution is -2.35. The van der Waals surface area contributed by atoms with Crippen LogP contribution in [0.2, 0.25) is 0 Å². The summed E-state index contributed by atoms with van der Waals surface area (Å²) in [5.74, 6) is -1.12. The van der Waals surface area contributed by atoms with E-state index < -0.39 is 28.5 Å². The predicted molar refractivity (Wildman–Crippen MR) is 120 cm³/mol. The van der Waals surface area contributed by atoms with E-state index in [1.54, 1.807) is 24.3 Å². The normalized spacial score (nSPS) is 11.5. The summed E-state index contributed by atoms with van der Waals surface area (Å²) in [4.78, 5) is 15.3. The Morgan fingerprint density at radius 1 is 1.22 bits per heavy atom. The second kappa shape index (κ2) is 9.39. The minimum Gasteiger partial charge on any atom is -0.497 e. The zero-order chi connectivity index (χ0) is 23.5. The van der Waals surface area contributed by atoms with Gasteiger partial charge in [-0.3, -0.25) is 15.2 Å². The number of benzene rings is 2. The van der Waals surface area contributed by atoms with Gasteiger partial charge >= 0.3 is 5.97 Å². The fourth-order valence-electron chi connectivity index (χ4n) is 3.05. The van der Waals surface area contributed by atoms with Crippen molar-refractivity contribution in [2.45, 2.75) is 11.4 Å². The number of carboxylic acid groups (broad SMARTS) is 1. The fraction of sp³-hybridized carbons (Fsp3) is 0.150. The van der Waals surface area contributed by atoms with Gasteiger partial charge in [-0.25, -0.2) is 12.8 Å². The van der Waals surface area contributed by atoms with E-state index in [-0.39, 0.29) is 11.4 Å². The number of guanidine groups is 1. The molecule has 12 heteroatoms. The Bertz CT molecular complexity index is 1270. The number of fused-ring (bicyclic) bond motifs is 1. The van der Waals surface area contributed by atoms with Crippen LogP contribution in [0, 0.1) is 5.41 Å². The van der Waals surface area contributed by atoms with Gasteiger partial charge in [0, 0.05) is 35.3 Å². The van der Waals surface area contributed by atoms with Gasteiger partial charge in [-0.05, 0) is 29.8 Å². The topological polar surface area (TPSA) is 150 Å². The summed E-state index contributed by atoms with van der Waals surface area (Å²) >= 11 is 6.01. The molecule has 0 saturated heterocycles. The molecular formula is C20H20ClN5O5S. The SMILES string of the molecule is COc1ccc(CN(CC(=O)O)S(=O)(=O)c2ccc3c(N(Cl)C(=N)N)cncc3c2)cc1. The molecule has 168 valence electrons. The number of hydrogen-bond acceptors (Lipinski definition) is 6. The van der Waals surface area contributed by atoms with E-state index in [4.69, 9.17) is 27.7 Å². The molecule has 0 bridgehead atoms. The van der Waals surface area contributed by atoms with Gasteiger partial charge in [-0.1, -0.05) is 18.2 Å². The van der Waals surface area contributed by atoms with E-state index in [1.165, 1.54) is 37.7 Å². The van der Waals surface area contributed by atoms with E-state index in [1.807, 2.05) is 0 Å². The maximum Gasteiger partial charge on any atom is 0.318 e. The van der Waals surface area contributed by atoms with Crippen molar-refractivity contribution in [3.8, 4) is 5.75 Å². The number of rotatable bonds is 8. The molecule has 10 nitrogen and oxygen atoms in total. The molecule has 0 amide bonds. The third-order valence-electron chi connectivity index (χ3n) is 4.60. The van der Waals surface area contributed by atoms with Crippen LogP contribution in [0.3, 0.4) is 0 Å². The van der Waals surface area contributed by atoms with Crippen LogP contribution >= 0.6 is 11.8 Å². The quantitative estimate of drug-likeness (QED) is 0.254. The largest absolute Gasteiger partial charge is 0.497 e. The number of methoxy groups -OCH3 is 1. The monoisotopic (exact) mass is 477 g/mol. The van der Waals surface area contributed by atoms with Crippen molar-refractivity contribution in [1.29, 1.82) is 5.41 Å². The Morgan fingerprint density at radius 3 is 2.50 bits per heavy atom. The number of nitrogens with two attached hydrogens (primary N) is 1. The number of pyridine rings is 1. The standard InChI is InChI=1S/C20H20ClN5O5S/c1-31-15-4-2-13(3-5-15)11-25(12-19(27)28)32(29,30)16-6-7-17-14(8-16)9-24-10-18(17)26(21)20(22)23/h2-10H,11-12H2,1H3,(H3,22,23)(H,27,28). The molecule has 1 heterocycles. The number of sulfonamides is 1. The molecule has 4 N–H and O–H groups in total. The number of nitrogens with one attached hydrogen (secondary N) is 1.